The van der Waals surface area contributed by atoms with E-state index in [0.29, 0.717) is 40.2 Å². The molecule has 0 amide bonds. The standard InChI is InChI=1S/C23H24ClN5O3.C22H22ClN5O4/c1-4-5-12-28-21(30)19-20(27(3)23(28)31)26-22(32-18-11-6-15(2)25-13-18)29(19)14-16-7-9-17(24)10-8-16;1-14-4-9-17(12-24-14)32-21-25-19-18(28(21)13-15-5-7-16(23)8-6-15)20(30)27(10-3-11-29)22(31)26(19)2/h6-11,13H,4-5,12,14H2,1-3H3;4-9,12,29H,3,10-11,13H2,1-2H3. The lowest BCUT2D eigenvalue weighted by Gasteiger charge is -2.11. The van der Waals surface area contributed by atoms with E-state index < -0.39 is 16.9 Å². The number of aromatic nitrogens is 10. The van der Waals surface area contributed by atoms with E-state index in [9.17, 15) is 24.3 Å². The molecular formula is C45H46Cl2N10O7. The molecule has 0 fully saturated rings. The van der Waals surface area contributed by atoms with Crippen molar-refractivity contribution in [3.8, 4) is 23.5 Å². The van der Waals surface area contributed by atoms with Crippen LogP contribution in [-0.2, 0) is 40.3 Å². The summed E-state index contributed by atoms with van der Waals surface area (Å²) in [7, 11) is 3.17. The zero-order chi connectivity index (χ0) is 45.7. The summed E-state index contributed by atoms with van der Waals surface area (Å²) in [5.74, 6) is 0.938. The van der Waals surface area contributed by atoms with Gasteiger partial charge < -0.3 is 14.6 Å². The molecule has 0 unspecified atom stereocenters. The van der Waals surface area contributed by atoms with Crippen molar-refractivity contribution >= 4 is 45.5 Å². The third-order valence-electron chi connectivity index (χ3n) is 10.4. The Morgan fingerprint density at radius 1 is 0.578 bits per heavy atom. The van der Waals surface area contributed by atoms with Crippen LogP contribution in [0, 0.1) is 13.8 Å². The molecule has 0 bridgehead atoms. The number of rotatable bonds is 14. The lowest BCUT2D eigenvalue weighted by Crippen LogP contribution is -2.39. The minimum Gasteiger partial charge on any atom is -0.424 e. The smallest absolute Gasteiger partial charge is 0.332 e. The number of pyridine rings is 2. The lowest BCUT2D eigenvalue weighted by molar-refractivity contribution is 0.277. The fraction of sp³-hybridized carbons (Fsp3) is 0.289. The van der Waals surface area contributed by atoms with Gasteiger partial charge in [0.05, 0.1) is 25.5 Å². The van der Waals surface area contributed by atoms with Crippen molar-refractivity contribution in [1.82, 2.24) is 47.3 Å². The van der Waals surface area contributed by atoms with Crippen molar-refractivity contribution in [1.29, 1.82) is 0 Å². The van der Waals surface area contributed by atoms with E-state index in [4.69, 9.17) is 32.7 Å². The molecule has 0 aliphatic carbocycles. The summed E-state index contributed by atoms with van der Waals surface area (Å²) in [6.07, 6.45) is 5.04. The average molecular weight is 910 g/mol. The van der Waals surface area contributed by atoms with E-state index in [1.807, 2.05) is 51.1 Å². The van der Waals surface area contributed by atoms with Gasteiger partial charge in [0, 0.05) is 55.2 Å². The molecule has 332 valence electrons. The number of unbranched alkanes of at least 4 members (excludes halogenated alkanes) is 1. The molecule has 19 heteroatoms. The quantitative estimate of drug-likeness (QED) is 0.128. The van der Waals surface area contributed by atoms with Crippen LogP contribution in [0.4, 0.5) is 0 Å². The Kier molecular flexibility index (Phi) is 13.9. The van der Waals surface area contributed by atoms with Gasteiger partial charge in [-0.1, -0.05) is 60.8 Å². The van der Waals surface area contributed by atoms with E-state index in [2.05, 4.69) is 19.9 Å². The third kappa shape index (κ3) is 9.71. The van der Waals surface area contributed by atoms with E-state index in [1.54, 1.807) is 78.1 Å². The number of nitrogens with zero attached hydrogens (tertiary/aromatic N) is 10. The maximum absolute atomic E-state index is 13.4. The number of fused-ring (bicyclic) bond motifs is 2. The fourth-order valence-electron chi connectivity index (χ4n) is 6.88. The topological polar surface area (TPSA) is 188 Å². The number of aliphatic hydroxyl groups excluding tert-OH is 1. The summed E-state index contributed by atoms with van der Waals surface area (Å²) in [4.78, 5) is 69.7. The Morgan fingerprint density at radius 3 is 1.34 bits per heavy atom. The molecule has 0 radical (unpaired) electrons. The summed E-state index contributed by atoms with van der Waals surface area (Å²) in [6.45, 7) is 6.68. The molecule has 0 aliphatic rings. The van der Waals surface area contributed by atoms with Gasteiger partial charge in [-0.25, -0.2) is 9.59 Å². The second-order valence-corrected chi connectivity index (χ2v) is 15.9. The highest BCUT2D eigenvalue weighted by Gasteiger charge is 2.24. The molecule has 6 aromatic heterocycles. The first-order valence-corrected chi connectivity index (χ1v) is 21.2. The maximum atomic E-state index is 13.4. The third-order valence-corrected chi connectivity index (χ3v) is 10.9. The molecule has 64 heavy (non-hydrogen) atoms. The largest absolute Gasteiger partial charge is 0.424 e. The van der Waals surface area contributed by atoms with Crippen molar-refractivity contribution < 1.29 is 14.6 Å². The number of hydrogen-bond acceptors (Lipinski definition) is 11. The molecule has 0 atom stereocenters. The summed E-state index contributed by atoms with van der Waals surface area (Å²) < 4.78 is 20.4. The van der Waals surface area contributed by atoms with Gasteiger partial charge in [-0.3, -0.25) is 47.0 Å². The van der Waals surface area contributed by atoms with Crippen molar-refractivity contribution in [2.45, 2.75) is 66.2 Å². The van der Waals surface area contributed by atoms with Gasteiger partial charge in [-0.05, 0) is 86.3 Å². The van der Waals surface area contributed by atoms with Gasteiger partial charge in [-0.15, -0.1) is 0 Å². The van der Waals surface area contributed by atoms with Crippen LogP contribution in [0.25, 0.3) is 22.3 Å². The molecular weight excluding hydrogens is 863 g/mol. The fourth-order valence-corrected chi connectivity index (χ4v) is 7.13. The van der Waals surface area contributed by atoms with Crippen LogP contribution in [0.1, 0.15) is 48.7 Å². The molecule has 6 heterocycles. The van der Waals surface area contributed by atoms with Crippen LogP contribution in [0.3, 0.4) is 0 Å². The Morgan fingerprint density at radius 2 is 0.984 bits per heavy atom. The van der Waals surface area contributed by atoms with E-state index in [1.165, 1.54) is 13.7 Å². The number of ether oxygens (including phenoxy) is 2. The number of aliphatic hydroxyl groups is 1. The first-order chi connectivity index (χ1) is 30.8. The summed E-state index contributed by atoms with van der Waals surface area (Å²) in [5, 5.41) is 10.4. The molecule has 0 spiro atoms. The molecule has 0 saturated heterocycles. The Bertz CT molecular complexity index is 2960. The first-order valence-electron chi connectivity index (χ1n) is 20.5. The zero-order valence-corrected chi connectivity index (χ0v) is 37.4. The number of halogens is 2. The van der Waals surface area contributed by atoms with Crippen LogP contribution in [0.15, 0.2) is 104 Å². The molecule has 17 nitrogen and oxygen atoms in total. The first kappa shape index (κ1) is 45.2. The number of imidazole rings is 2. The van der Waals surface area contributed by atoms with Gasteiger partial charge in [0.2, 0.25) is 0 Å². The molecule has 2 aromatic carbocycles. The minimum atomic E-state index is -0.504. The maximum Gasteiger partial charge on any atom is 0.332 e. The molecule has 8 aromatic rings. The Balaban J connectivity index is 0.000000191. The van der Waals surface area contributed by atoms with Crippen molar-refractivity contribution in [2.24, 2.45) is 14.1 Å². The summed E-state index contributed by atoms with van der Waals surface area (Å²) >= 11 is 12.0. The lowest BCUT2D eigenvalue weighted by atomic mass is 10.2. The normalized spacial score (nSPS) is 11.2. The van der Waals surface area contributed by atoms with E-state index in [-0.39, 0.29) is 60.5 Å². The van der Waals surface area contributed by atoms with E-state index >= 15 is 0 Å². The van der Waals surface area contributed by atoms with Gasteiger partial charge in [0.15, 0.2) is 22.3 Å². The monoisotopic (exact) mass is 908 g/mol. The van der Waals surface area contributed by atoms with Crippen LogP contribution >= 0.6 is 23.2 Å². The predicted molar refractivity (Wildman–Crippen MR) is 244 cm³/mol. The summed E-state index contributed by atoms with van der Waals surface area (Å²) in [5.41, 5.74) is 2.74. The van der Waals surface area contributed by atoms with Crippen LogP contribution in [0.5, 0.6) is 23.5 Å². The molecule has 0 saturated carbocycles. The van der Waals surface area contributed by atoms with E-state index in [0.717, 1.165) is 39.9 Å². The Hall–Kier alpha value is -6.82. The van der Waals surface area contributed by atoms with Crippen molar-refractivity contribution in [3.05, 3.63) is 159 Å². The second kappa shape index (κ2) is 19.7. The van der Waals surface area contributed by atoms with Crippen LogP contribution < -0.4 is 32.0 Å². The minimum absolute atomic E-state index is 0.0993. The van der Waals surface area contributed by atoms with Gasteiger partial charge in [0.25, 0.3) is 11.1 Å². The average Bonchev–Trinajstić information content (AvgIpc) is 3.83. The Labute approximate surface area is 376 Å². The van der Waals surface area contributed by atoms with Crippen LogP contribution in [0.2, 0.25) is 10.0 Å². The van der Waals surface area contributed by atoms with Gasteiger partial charge in [-0.2, -0.15) is 9.97 Å². The SMILES string of the molecule is CCCCn1c(=O)c2c(nc(Oc3ccc(C)nc3)n2Cc2ccc(Cl)cc2)n(C)c1=O.Cc1ccc(Oc2nc3c(c(=O)n(CCCO)c(=O)n3C)n2Cc2ccc(Cl)cc2)cn1. The summed E-state index contributed by atoms with van der Waals surface area (Å²) in [6, 6.07) is 22.1. The highest BCUT2D eigenvalue weighted by molar-refractivity contribution is 6.30. The highest BCUT2D eigenvalue weighted by Crippen LogP contribution is 2.27. The number of benzene rings is 2. The molecule has 0 aliphatic heterocycles. The molecule has 8 rings (SSSR count). The van der Waals surface area contributed by atoms with Gasteiger partial charge >= 0.3 is 23.4 Å². The van der Waals surface area contributed by atoms with Gasteiger partial charge in [0.1, 0.15) is 11.5 Å². The number of hydrogen-bond donors (Lipinski definition) is 1. The predicted octanol–water partition coefficient (Wildman–Crippen LogP) is 6.37. The van der Waals surface area contributed by atoms with Crippen molar-refractivity contribution in [2.75, 3.05) is 6.61 Å². The zero-order valence-electron chi connectivity index (χ0n) is 35.9. The second-order valence-electron chi connectivity index (χ2n) is 15.1. The highest BCUT2D eigenvalue weighted by atomic mass is 35.5. The van der Waals surface area contributed by atoms with Crippen LogP contribution in [-0.4, -0.2) is 59.1 Å². The van der Waals surface area contributed by atoms with Crippen molar-refractivity contribution in [3.63, 3.8) is 0 Å². The number of aryl methyl sites for hydroxylation is 4. The molecule has 1 N–H and O–H groups in total.